The third-order valence-corrected chi connectivity index (χ3v) is 9.84. The SMILES string of the molecule is C1C[C@@H]2COPN2C1.CCS(C)(c1ccccc1)c1ccccc1.Cl. The number of hydrogen-bond acceptors (Lipinski definition) is 2. The Morgan fingerprint density at radius 2 is 1.60 bits per heavy atom. The third-order valence-electron chi connectivity index (χ3n) is 4.94. The van der Waals surface area contributed by atoms with E-state index in [1.165, 1.54) is 34.9 Å². The van der Waals surface area contributed by atoms with E-state index in [1.807, 2.05) is 0 Å². The van der Waals surface area contributed by atoms with Crippen LogP contribution in [0.3, 0.4) is 0 Å². The molecule has 5 heteroatoms. The van der Waals surface area contributed by atoms with Crippen molar-refractivity contribution in [2.24, 2.45) is 0 Å². The topological polar surface area (TPSA) is 12.5 Å². The molecule has 2 nitrogen and oxygen atoms in total. The van der Waals surface area contributed by atoms with Gasteiger partial charge in [0.25, 0.3) is 0 Å². The van der Waals surface area contributed by atoms with E-state index in [0.29, 0.717) is 8.96 Å². The first kappa shape index (κ1) is 20.7. The number of benzene rings is 2. The molecule has 2 saturated heterocycles. The van der Waals surface area contributed by atoms with Gasteiger partial charge in [0, 0.05) is 12.6 Å². The first-order chi connectivity index (χ1) is 11.7. The minimum Gasteiger partial charge on any atom is -0.345 e. The van der Waals surface area contributed by atoms with Crippen LogP contribution in [-0.2, 0) is 4.52 Å². The molecule has 0 radical (unpaired) electrons. The number of nitrogens with zero attached hydrogens (tertiary/aromatic N) is 1. The van der Waals surface area contributed by atoms with E-state index in [4.69, 9.17) is 4.52 Å². The molecule has 2 aliphatic heterocycles. The van der Waals surface area contributed by atoms with Gasteiger partial charge in [0.15, 0.2) is 0 Å². The predicted octanol–water partition coefficient (Wildman–Crippen LogP) is 5.97. The van der Waals surface area contributed by atoms with Gasteiger partial charge in [-0.25, -0.2) is 0 Å². The summed E-state index contributed by atoms with van der Waals surface area (Å²) in [6.07, 6.45) is 5.16. The molecule has 0 saturated carbocycles. The lowest BCUT2D eigenvalue weighted by Gasteiger charge is -2.35. The number of hydrogen-bond donors (Lipinski definition) is 0. The molecule has 2 aromatic carbocycles. The van der Waals surface area contributed by atoms with Crippen LogP contribution in [0.15, 0.2) is 70.5 Å². The summed E-state index contributed by atoms with van der Waals surface area (Å²) < 4.78 is 7.71. The highest BCUT2D eigenvalue weighted by molar-refractivity contribution is 8.33. The van der Waals surface area contributed by atoms with Crippen LogP contribution in [0.5, 0.6) is 0 Å². The van der Waals surface area contributed by atoms with E-state index in [-0.39, 0.29) is 12.4 Å². The molecule has 2 aromatic rings. The zero-order valence-electron chi connectivity index (χ0n) is 15.1. The first-order valence-electron chi connectivity index (χ1n) is 8.74. The van der Waals surface area contributed by atoms with E-state index in [9.17, 15) is 0 Å². The highest BCUT2D eigenvalue weighted by atomic mass is 35.5. The summed E-state index contributed by atoms with van der Waals surface area (Å²) in [5.74, 6) is 1.20. The predicted molar refractivity (Wildman–Crippen MR) is 115 cm³/mol. The van der Waals surface area contributed by atoms with Crippen LogP contribution in [0.25, 0.3) is 0 Å². The Morgan fingerprint density at radius 1 is 1.04 bits per heavy atom. The molecule has 2 aliphatic rings. The van der Waals surface area contributed by atoms with Crippen LogP contribution in [0.1, 0.15) is 19.8 Å². The van der Waals surface area contributed by atoms with Crippen LogP contribution >= 0.6 is 31.4 Å². The zero-order valence-corrected chi connectivity index (χ0v) is 17.7. The summed E-state index contributed by atoms with van der Waals surface area (Å²) in [4.78, 5) is 2.95. The molecule has 2 fully saturated rings. The average Bonchev–Trinajstić information content (AvgIpc) is 3.28. The minimum absolute atomic E-state index is 0. The molecule has 0 spiro atoms. The fourth-order valence-corrected chi connectivity index (χ4v) is 6.75. The molecule has 25 heavy (non-hydrogen) atoms. The van der Waals surface area contributed by atoms with Gasteiger partial charge >= 0.3 is 0 Å². The van der Waals surface area contributed by atoms with Crippen molar-refractivity contribution < 1.29 is 4.52 Å². The standard InChI is InChI=1S/C15H18S.C5H10NOP.ClH/c1-3-16(2,14-10-6-4-7-11-14)15-12-8-5-9-13-15;1-2-5-4-7-8-6(5)3-1;/h4-13H,3H2,1-2H3;5,8H,1-4H2;1H/t;5-;/m.1./s1. The Labute approximate surface area is 162 Å². The van der Waals surface area contributed by atoms with Gasteiger partial charge in [-0.1, -0.05) is 43.3 Å². The molecular weight excluding hydrogens is 369 g/mol. The van der Waals surface area contributed by atoms with Crippen LogP contribution in [0.2, 0.25) is 0 Å². The Kier molecular flexibility index (Phi) is 8.25. The fraction of sp³-hybridized carbons (Fsp3) is 0.400. The van der Waals surface area contributed by atoms with E-state index >= 15 is 0 Å². The van der Waals surface area contributed by atoms with Gasteiger partial charge in [-0.15, -0.1) is 12.4 Å². The number of rotatable bonds is 3. The molecule has 0 aromatic heterocycles. The highest BCUT2D eigenvalue weighted by Crippen LogP contribution is 2.58. The normalized spacial score (nSPS) is 21.1. The monoisotopic (exact) mass is 397 g/mol. The van der Waals surface area contributed by atoms with Crippen molar-refractivity contribution in [3.63, 3.8) is 0 Å². The molecule has 2 heterocycles. The zero-order chi connectivity index (χ0) is 16.8. The minimum atomic E-state index is -0.834. The number of fused-ring (bicyclic) bond motifs is 1. The van der Waals surface area contributed by atoms with Crippen molar-refractivity contribution in [2.75, 3.05) is 25.2 Å². The van der Waals surface area contributed by atoms with E-state index < -0.39 is 10.0 Å². The lowest BCUT2D eigenvalue weighted by molar-refractivity contribution is 0.343. The van der Waals surface area contributed by atoms with Crippen LogP contribution in [0, 0.1) is 0 Å². The smallest absolute Gasteiger partial charge is 0.0893 e. The lowest BCUT2D eigenvalue weighted by Crippen LogP contribution is -2.17. The second-order valence-corrected chi connectivity index (χ2v) is 11.1. The summed E-state index contributed by atoms with van der Waals surface area (Å²) in [5.41, 5.74) is 0. The molecule has 4 rings (SSSR count). The van der Waals surface area contributed by atoms with Gasteiger partial charge in [0.05, 0.1) is 15.6 Å². The summed E-state index contributed by atoms with van der Waals surface area (Å²) in [6.45, 7) is 4.57. The average molecular weight is 398 g/mol. The molecule has 0 amide bonds. The second kappa shape index (κ2) is 9.94. The van der Waals surface area contributed by atoms with Crippen molar-refractivity contribution in [1.82, 2.24) is 4.67 Å². The summed E-state index contributed by atoms with van der Waals surface area (Å²) in [5, 5.41) is 0. The molecule has 0 N–H and O–H groups in total. The molecule has 138 valence electrons. The molecule has 0 bridgehead atoms. The van der Waals surface area contributed by atoms with Crippen molar-refractivity contribution >= 4 is 31.4 Å². The van der Waals surface area contributed by atoms with Crippen molar-refractivity contribution in [3.8, 4) is 0 Å². The quantitative estimate of drug-likeness (QED) is 0.591. The van der Waals surface area contributed by atoms with Crippen LogP contribution in [0.4, 0.5) is 0 Å². The Morgan fingerprint density at radius 3 is 2.08 bits per heavy atom. The molecule has 0 aliphatic carbocycles. The Balaban J connectivity index is 0.000000210. The van der Waals surface area contributed by atoms with E-state index in [2.05, 4.69) is 78.5 Å². The third kappa shape index (κ3) is 4.99. The van der Waals surface area contributed by atoms with Gasteiger partial charge in [-0.05, 0) is 58.9 Å². The highest BCUT2D eigenvalue weighted by Gasteiger charge is 2.29. The fourth-order valence-electron chi connectivity index (χ4n) is 3.26. The lowest BCUT2D eigenvalue weighted by atomic mass is 10.2. The Hall–Kier alpha value is -0.570. The second-order valence-electron chi connectivity index (χ2n) is 6.39. The summed E-state index contributed by atoms with van der Waals surface area (Å²) in [7, 11) is -0.158. The maximum absolute atomic E-state index is 5.27. The van der Waals surface area contributed by atoms with E-state index in [1.54, 1.807) is 0 Å². The molecule has 1 unspecified atom stereocenters. The summed E-state index contributed by atoms with van der Waals surface area (Å²) >= 11 is 0. The van der Waals surface area contributed by atoms with Gasteiger partial charge in [0.1, 0.15) is 0 Å². The van der Waals surface area contributed by atoms with Gasteiger partial charge in [-0.3, -0.25) is 4.67 Å². The largest absolute Gasteiger partial charge is 0.345 e. The maximum Gasteiger partial charge on any atom is 0.0893 e. The van der Waals surface area contributed by atoms with Gasteiger partial charge in [0.2, 0.25) is 0 Å². The van der Waals surface area contributed by atoms with Gasteiger partial charge < -0.3 is 4.52 Å². The van der Waals surface area contributed by atoms with Crippen LogP contribution < -0.4 is 0 Å². The van der Waals surface area contributed by atoms with E-state index in [0.717, 1.165) is 12.6 Å². The van der Waals surface area contributed by atoms with Crippen molar-refractivity contribution in [1.29, 1.82) is 0 Å². The summed E-state index contributed by atoms with van der Waals surface area (Å²) in [6, 6.07) is 22.5. The van der Waals surface area contributed by atoms with Crippen molar-refractivity contribution in [3.05, 3.63) is 60.7 Å². The van der Waals surface area contributed by atoms with Crippen molar-refractivity contribution in [2.45, 2.75) is 35.6 Å². The van der Waals surface area contributed by atoms with Crippen LogP contribution in [-0.4, -0.2) is 35.9 Å². The van der Waals surface area contributed by atoms with Gasteiger partial charge in [-0.2, -0.15) is 10.0 Å². The molecule has 2 atom stereocenters. The Bertz CT molecular complexity index is 569. The number of halogens is 1. The maximum atomic E-state index is 5.27. The first-order valence-corrected chi connectivity index (χ1v) is 11.8. The molecular formula is C20H29ClNOPS.